The van der Waals surface area contributed by atoms with Gasteiger partial charge in [0.05, 0.1) is 12.8 Å². The van der Waals surface area contributed by atoms with Crippen molar-refractivity contribution in [1.29, 1.82) is 0 Å². The molecule has 2 rings (SSSR count). The summed E-state index contributed by atoms with van der Waals surface area (Å²) in [7, 11) is -2.01. The maximum absolute atomic E-state index is 12.1. The molecule has 0 saturated carbocycles. The van der Waals surface area contributed by atoms with E-state index in [0.717, 1.165) is 5.56 Å². The van der Waals surface area contributed by atoms with Crippen molar-refractivity contribution < 1.29 is 13.5 Å². The van der Waals surface area contributed by atoms with E-state index >= 15 is 0 Å². The molecular weight excluding hydrogens is 270 g/mol. The first-order valence-electron chi connectivity index (χ1n) is 5.56. The van der Waals surface area contributed by atoms with Crippen LogP contribution >= 0.6 is 0 Å². The monoisotopic (exact) mass is 285 g/mol. The lowest BCUT2D eigenvalue weighted by atomic mass is 10.3. The number of aromatic amines is 1. The smallest absolute Gasteiger partial charge is 0.260 e. The summed E-state index contributed by atoms with van der Waals surface area (Å²) in [4.78, 5) is 0. The highest BCUT2D eigenvalue weighted by Crippen LogP contribution is 2.16. The van der Waals surface area contributed by atoms with Crippen LogP contribution in [-0.2, 0) is 30.2 Å². The molecule has 0 atom stereocenters. The zero-order valence-corrected chi connectivity index (χ0v) is 11.4. The van der Waals surface area contributed by atoms with Gasteiger partial charge in [0.25, 0.3) is 10.0 Å². The Morgan fingerprint density at radius 3 is 2.84 bits per heavy atom. The van der Waals surface area contributed by atoms with Gasteiger partial charge in [-0.15, -0.1) is 0 Å². The molecule has 3 N–H and O–H groups in total. The molecule has 0 fully saturated rings. The van der Waals surface area contributed by atoms with Gasteiger partial charge in [0, 0.05) is 36.6 Å². The molecule has 0 aliphatic rings. The van der Waals surface area contributed by atoms with Crippen LogP contribution in [-0.4, -0.2) is 33.5 Å². The Labute approximate surface area is 110 Å². The van der Waals surface area contributed by atoms with Gasteiger partial charge in [-0.2, -0.15) is 10.2 Å². The first-order valence-corrected chi connectivity index (χ1v) is 7.04. The Morgan fingerprint density at radius 1 is 1.53 bits per heavy atom. The first-order chi connectivity index (χ1) is 8.94. The van der Waals surface area contributed by atoms with Crippen LogP contribution in [0.3, 0.4) is 0 Å². The van der Waals surface area contributed by atoms with E-state index in [2.05, 4.69) is 20.0 Å². The van der Waals surface area contributed by atoms with Crippen LogP contribution < -0.4 is 4.72 Å². The summed E-state index contributed by atoms with van der Waals surface area (Å²) in [6.07, 6.45) is 3.29. The van der Waals surface area contributed by atoms with Gasteiger partial charge < -0.3 is 5.11 Å². The number of rotatable bonds is 5. The van der Waals surface area contributed by atoms with E-state index < -0.39 is 10.0 Å². The van der Waals surface area contributed by atoms with Crippen LogP contribution in [0.4, 0.5) is 0 Å². The van der Waals surface area contributed by atoms with E-state index in [1.54, 1.807) is 31.0 Å². The molecule has 0 saturated heterocycles. The van der Waals surface area contributed by atoms with Crippen molar-refractivity contribution in [3.8, 4) is 0 Å². The third-order valence-corrected chi connectivity index (χ3v) is 4.04. The second-order valence-electron chi connectivity index (χ2n) is 4.14. The van der Waals surface area contributed by atoms with Gasteiger partial charge in [-0.25, -0.2) is 13.1 Å². The number of hydrogen-bond acceptors (Lipinski definition) is 5. The lowest BCUT2D eigenvalue weighted by molar-refractivity contribution is 0.277. The minimum absolute atomic E-state index is 0.118. The van der Waals surface area contributed by atoms with Crippen molar-refractivity contribution in [2.45, 2.75) is 25.1 Å². The van der Waals surface area contributed by atoms with Crippen molar-refractivity contribution in [2.24, 2.45) is 7.05 Å². The van der Waals surface area contributed by atoms with E-state index in [9.17, 15) is 13.5 Å². The van der Waals surface area contributed by atoms with E-state index in [0.29, 0.717) is 5.69 Å². The van der Waals surface area contributed by atoms with Crippen LogP contribution in [0.2, 0.25) is 0 Å². The number of sulfonamides is 1. The van der Waals surface area contributed by atoms with E-state index in [4.69, 9.17) is 0 Å². The minimum Gasteiger partial charge on any atom is -0.392 e. The van der Waals surface area contributed by atoms with Gasteiger partial charge in [0.2, 0.25) is 0 Å². The number of nitrogens with one attached hydrogen (secondary N) is 2. The molecule has 0 aliphatic carbocycles. The van der Waals surface area contributed by atoms with Crippen LogP contribution in [0.5, 0.6) is 0 Å². The minimum atomic E-state index is -3.76. The lowest BCUT2D eigenvalue weighted by Crippen LogP contribution is -2.24. The van der Waals surface area contributed by atoms with E-state index in [1.807, 2.05) is 0 Å². The summed E-state index contributed by atoms with van der Waals surface area (Å²) in [5.41, 5.74) is 1.55. The molecule has 19 heavy (non-hydrogen) atoms. The number of aryl methyl sites for hydroxylation is 2. The largest absolute Gasteiger partial charge is 0.392 e. The van der Waals surface area contributed by atoms with E-state index in [1.165, 1.54) is 0 Å². The van der Waals surface area contributed by atoms with Crippen molar-refractivity contribution >= 4 is 10.0 Å². The fourth-order valence-electron chi connectivity index (χ4n) is 1.65. The molecule has 0 spiro atoms. The molecule has 0 amide bonds. The standard InChI is InChI=1S/C10H15N5O3S/c1-7-9(6-16)10(14-13-7)19(17,18)12-4-8-3-11-15(2)5-8/h3,5,12,16H,4,6H2,1-2H3,(H,13,14). The second-order valence-corrected chi connectivity index (χ2v) is 5.82. The number of hydrogen-bond donors (Lipinski definition) is 3. The molecule has 0 bridgehead atoms. The van der Waals surface area contributed by atoms with Crippen LogP contribution in [0, 0.1) is 6.92 Å². The van der Waals surface area contributed by atoms with Crippen LogP contribution in [0.15, 0.2) is 17.4 Å². The highest BCUT2D eigenvalue weighted by Gasteiger charge is 2.23. The number of nitrogens with zero attached hydrogens (tertiary/aromatic N) is 3. The Hall–Kier alpha value is -1.71. The zero-order chi connectivity index (χ0) is 14.0. The number of aliphatic hydroxyl groups is 1. The number of aliphatic hydroxyl groups excluding tert-OH is 1. The fourth-order valence-corrected chi connectivity index (χ4v) is 2.85. The molecule has 0 radical (unpaired) electrons. The third-order valence-electron chi connectivity index (χ3n) is 2.67. The predicted molar refractivity (Wildman–Crippen MR) is 66.5 cm³/mol. The molecule has 2 aromatic rings. The van der Waals surface area contributed by atoms with Crippen LogP contribution in [0.1, 0.15) is 16.8 Å². The lowest BCUT2D eigenvalue weighted by Gasteiger charge is -2.04. The van der Waals surface area contributed by atoms with Gasteiger partial charge in [-0.1, -0.05) is 0 Å². The maximum atomic E-state index is 12.1. The average molecular weight is 285 g/mol. The first kappa shape index (κ1) is 13.7. The predicted octanol–water partition coefficient (Wildman–Crippen LogP) is -0.578. The highest BCUT2D eigenvalue weighted by atomic mass is 32.2. The van der Waals surface area contributed by atoms with Crippen molar-refractivity contribution in [1.82, 2.24) is 24.7 Å². The van der Waals surface area contributed by atoms with Crippen molar-refractivity contribution in [3.05, 3.63) is 29.2 Å². The van der Waals surface area contributed by atoms with Gasteiger partial charge in [0.15, 0.2) is 5.03 Å². The van der Waals surface area contributed by atoms with Gasteiger partial charge >= 0.3 is 0 Å². The summed E-state index contributed by atoms with van der Waals surface area (Å²) in [6.45, 7) is 1.39. The topological polar surface area (TPSA) is 113 Å². The number of aromatic nitrogens is 4. The van der Waals surface area contributed by atoms with Crippen LogP contribution in [0.25, 0.3) is 0 Å². The number of H-pyrrole nitrogens is 1. The fraction of sp³-hybridized carbons (Fsp3) is 0.400. The second kappa shape index (κ2) is 5.11. The summed E-state index contributed by atoms with van der Waals surface area (Å²) >= 11 is 0. The molecule has 2 heterocycles. The average Bonchev–Trinajstić information content (AvgIpc) is 2.93. The molecule has 2 aromatic heterocycles. The summed E-state index contributed by atoms with van der Waals surface area (Å²) in [5, 5.41) is 19.2. The quantitative estimate of drug-likeness (QED) is 0.680. The Bertz CT molecular complexity index is 673. The van der Waals surface area contributed by atoms with Crippen molar-refractivity contribution in [3.63, 3.8) is 0 Å². The van der Waals surface area contributed by atoms with E-state index in [-0.39, 0.29) is 23.7 Å². The van der Waals surface area contributed by atoms with Crippen molar-refractivity contribution in [2.75, 3.05) is 0 Å². The van der Waals surface area contributed by atoms with Gasteiger partial charge in [-0.05, 0) is 6.92 Å². The SMILES string of the molecule is Cc1[nH]nc(S(=O)(=O)NCc2cnn(C)c2)c1CO. The highest BCUT2D eigenvalue weighted by molar-refractivity contribution is 7.89. The molecule has 9 heteroatoms. The normalized spacial score (nSPS) is 11.9. The van der Waals surface area contributed by atoms with Gasteiger partial charge in [-0.3, -0.25) is 9.78 Å². The summed E-state index contributed by atoms with van der Waals surface area (Å²) in [5.74, 6) is 0. The zero-order valence-electron chi connectivity index (χ0n) is 10.6. The third kappa shape index (κ3) is 2.83. The molecule has 104 valence electrons. The summed E-state index contributed by atoms with van der Waals surface area (Å²) < 4.78 is 28.1. The Kier molecular flexibility index (Phi) is 3.69. The Morgan fingerprint density at radius 2 is 2.26 bits per heavy atom. The molecule has 0 aromatic carbocycles. The Balaban J connectivity index is 2.18. The summed E-state index contributed by atoms with van der Waals surface area (Å²) in [6, 6.07) is 0. The molecule has 0 aliphatic heterocycles. The molecule has 0 unspecified atom stereocenters. The molecule has 8 nitrogen and oxygen atoms in total. The van der Waals surface area contributed by atoms with Gasteiger partial charge in [0.1, 0.15) is 0 Å². The molecular formula is C10H15N5O3S. The maximum Gasteiger partial charge on any atom is 0.260 e.